The van der Waals surface area contributed by atoms with Gasteiger partial charge in [-0.2, -0.15) is 11.3 Å². The number of para-hydroxylation sites is 1. The van der Waals surface area contributed by atoms with E-state index >= 15 is 0 Å². The lowest BCUT2D eigenvalue weighted by Gasteiger charge is -2.22. The van der Waals surface area contributed by atoms with Crippen LogP contribution in [-0.4, -0.2) is 43.3 Å². The predicted molar refractivity (Wildman–Crippen MR) is 134 cm³/mol. The Bertz CT molecular complexity index is 913. The third-order valence-corrected chi connectivity index (χ3v) is 6.84. The van der Waals surface area contributed by atoms with E-state index in [1.54, 1.807) is 11.3 Å². The highest BCUT2D eigenvalue weighted by molar-refractivity contribution is 7.08. The zero-order valence-electron chi connectivity index (χ0n) is 19.5. The van der Waals surface area contributed by atoms with Gasteiger partial charge in [-0.3, -0.25) is 14.4 Å². The van der Waals surface area contributed by atoms with Crippen LogP contribution in [0.15, 0.2) is 41.1 Å². The lowest BCUT2D eigenvalue weighted by molar-refractivity contribution is -0.128. The molecule has 1 aromatic carbocycles. The molecular weight excluding hydrogens is 434 g/mol. The van der Waals surface area contributed by atoms with Crippen LogP contribution < -0.4 is 15.5 Å². The average molecular weight is 470 g/mol. The number of carbonyl (C=O) groups excluding carboxylic acids is 3. The number of nitrogens with one attached hydrogen (secondary N) is 2. The van der Waals surface area contributed by atoms with E-state index in [0.717, 1.165) is 44.3 Å². The number of benzene rings is 1. The van der Waals surface area contributed by atoms with Gasteiger partial charge >= 0.3 is 0 Å². The molecule has 6 nitrogen and oxygen atoms in total. The summed E-state index contributed by atoms with van der Waals surface area (Å²) in [5, 5.41) is 9.86. The van der Waals surface area contributed by atoms with Crippen LogP contribution in [0.3, 0.4) is 0 Å². The summed E-state index contributed by atoms with van der Waals surface area (Å²) in [4.78, 5) is 39.2. The van der Waals surface area contributed by atoms with Crippen molar-refractivity contribution in [1.29, 1.82) is 0 Å². The number of carbonyl (C=O) groups is 3. The van der Waals surface area contributed by atoms with Gasteiger partial charge in [0.15, 0.2) is 0 Å². The van der Waals surface area contributed by atoms with Gasteiger partial charge in [0.1, 0.15) is 11.8 Å². The highest BCUT2D eigenvalue weighted by Crippen LogP contribution is 2.26. The molecule has 2 N–H and O–H groups in total. The van der Waals surface area contributed by atoms with Crippen LogP contribution >= 0.6 is 11.3 Å². The fourth-order valence-electron chi connectivity index (χ4n) is 4.19. The van der Waals surface area contributed by atoms with Gasteiger partial charge in [0.25, 0.3) is 0 Å². The topological polar surface area (TPSA) is 78.5 Å². The second kappa shape index (κ2) is 13.1. The first kappa shape index (κ1) is 25.0. The van der Waals surface area contributed by atoms with Crippen molar-refractivity contribution < 1.29 is 14.4 Å². The molecule has 1 atom stereocenters. The quantitative estimate of drug-likeness (QED) is 0.412. The highest BCUT2D eigenvalue weighted by atomic mass is 32.1. The number of hydrogen-bond acceptors (Lipinski definition) is 5. The summed E-state index contributed by atoms with van der Waals surface area (Å²) in [6, 6.07) is 9.76. The minimum Gasteiger partial charge on any atom is -0.369 e. The first-order valence-electron chi connectivity index (χ1n) is 12.0. The van der Waals surface area contributed by atoms with Crippen LogP contribution in [0.1, 0.15) is 56.6 Å². The number of hydrogen-bond donors (Lipinski definition) is 2. The van der Waals surface area contributed by atoms with Gasteiger partial charge in [-0.15, -0.1) is 0 Å². The number of amides is 2. The third-order valence-electron chi connectivity index (χ3n) is 6.10. The fourth-order valence-corrected chi connectivity index (χ4v) is 4.86. The van der Waals surface area contributed by atoms with Crippen molar-refractivity contribution in [2.75, 3.05) is 24.5 Å². The van der Waals surface area contributed by atoms with Gasteiger partial charge in [0, 0.05) is 38.2 Å². The van der Waals surface area contributed by atoms with E-state index < -0.39 is 6.04 Å². The summed E-state index contributed by atoms with van der Waals surface area (Å²) in [6.45, 7) is 4.13. The van der Waals surface area contributed by atoms with Crippen molar-refractivity contribution in [3.8, 4) is 0 Å². The van der Waals surface area contributed by atoms with Crippen LogP contribution in [-0.2, 0) is 27.2 Å². The first-order chi connectivity index (χ1) is 16.1. The standard InChI is InChI=1S/C26H35N3O3S/c1-2-22(30)9-4-3-5-10-23(28-25(31)18-20-13-17-33-19-20)26(32)27-14-16-29-15-12-21-8-6-7-11-24(21)29/h6-8,11,13,17,19,23H,2-5,9-10,12,14-16,18H2,1H3,(H,27,32)(H,28,31). The molecular formula is C26H35N3O3S. The Balaban J connectivity index is 1.47. The van der Waals surface area contributed by atoms with Crippen LogP contribution in [0.4, 0.5) is 5.69 Å². The van der Waals surface area contributed by atoms with Gasteiger partial charge < -0.3 is 15.5 Å². The molecule has 0 spiro atoms. The predicted octanol–water partition coefficient (Wildman–Crippen LogP) is 3.88. The van der Waals surface area contributed by atoms with Crippen molar-refractivity contribution in [2.45, 2.75) is 64.3 Å². The average Bonchev–Trinajstić information content (AvgIpc) is 3.48. The van der Waals surface area contributed by atoms with E-state index in [-0.39, 0.29) is 24.0 Å². The summed E-state index contributed by atoms with van der Waals surface area (Å²) in [5.74, 6) is 0.00538. The molecule has 0 radical (unpaired) electrons. The summed E-state index contributed by atoms with van der Waals surface area (Å²) in [7, 11) is 0. The minimum atomic E-state index is -0.552. The van der Waals surface area contributed by atoms with Crippen molar-refractivity contribution in [2.24, 2.45) is 0 Å². The van der Waals surface area contributed by atoms with Gasteiger partial charge in [0.05, 0.1) is 6.42 Å². The zero-order chi connectivity index (χ0) is 23.5. The Labute approximate surface area is 200 Å². The fraction of sp³-hybridized carbons (Fsp3) is 0.500. The second-order valence-electron chi connectivity index (χ2n) is 8.58. The van der Waals surface area contributed by atoms with E-state index in [1.807, 2.05) is 29.8 Å². The molecule has 1 unspecified atom stereocenters. The smallest absolute Gasteiger partial charge is 0.242 e. The molecule has 178 valence electrons. The largest absolute Gasteiger partial charge is 0.369 e. The molecule has 0 fully saturated rings. The SMILES string of the molecule is CCC(=O)CCCCCC(NC(=O)Cc1ccsc1)C(=O)NCCN1CCc2ccccc21. The summed E-state index contributed by atoms with van der Waals surface area (Å²) >= 11 is 1.56. The molecule has 2 amide bonds. The van der Waals surface area contributed by atoms with Crippen molar-refractivity contribution in [3.05, 3.63) is 52.2 Å². The van der Waals surface area contributed by atoms with Crippen molar-refractivity contribution in [3.63, 3.8) is 0 Å². The number of ketones is 1. The number of fused-ring (bicyclic) bond motifs is 1. The Morgan fingerprint density at radius 2 is 1.97 bits per heavy atom. The molecule has 33 heavy (non-hydrogen) atoms. The van der Waals surface area contributed by atoms with E-state index in [4.69, 9.17) is 0 Å². The van der Waals surface area contributed by atoms with E-state index in [2.05, 4.69) is 33.7 Å². The van der Waals surface area contributed by atoms with Gasteiger partial charge in [-0.1, -0.05) is 38.0 Å². The maximum absolute atomic E-state index is 12.9. The number of thiophene rings is 1. The highest BCUT2D eigenvalue weighted by Gasteiger charge is 2.22. The van der Waals surface area contributed by atoms with E-state index in [1.165, 1.54) is 11.3 Å². The molecule has 1 aromatic heterocycles. The van der Waals surface area contributed by atoms with Crippen molar-refractivity contribution in [1.82, 2.24) is 10.6 Å². The normalized spacial score (nSPS) is 13.4. The van der Waals surface area contributed by atoms with Gasteiger partial charge in [-0.05, 0) is 53.3 Å². The Morgan fingerprint density at radius 3 is 2.76 bits per heavy atom. The molecule has 3 rings (SSSR count). The van der Waals surface area contributed by atoms with Crippen LogP contribution in [0.25, 0.3) is 0 Å². The van der Waals surface area contributed by atoms with Crippen molar-refractivity contribution >= 4 is 34.6 Å². The summed E-state index contributed by atoms with van der Waals surface area (Å²) in [6.07, 6.45) is 5.56. The number of rotatable bonds is 14. The molecule has 7 heteroatoms. The lowest BCUT2D eigenvalue weighted by atomic mass is 10.0. The minimum absolute atomic E-state index is 0.134. The molecule has 0 bridgehead atoms. The molecule has 1 aliphatic heterocycles. The second-order valence-corrected chi connectivity index (χ2v) is 9.36. The molecule has 0 saturated heterocycles. The Hall–Kier alpha value is -2.67. The van der Waals surface area contributed by atoms with Gasteiger partial charge in [-0.25, -0.2) is 0 Å². The Kier molecular flexibility index (Phi) is 9.94. The number of anilines is 1. The summed E-state index contributed by atoms with van der Waals surface area (Å²) < 4.78 is 0. The zero-order valence-corrected chi connectivity index (χ0v) is 20.3. The molecule has 0 saturated carbocycles. The maximum atomic E-state index is 12.9. The van der Waals surface area contributed by atoms with Gasteiger partial charge in [0.2, 0.25) is 11.8 Å². The molecule has 2 aromatic rings. The number of nitrogens with zero attached hydrogens (tertiary/aromatic N) is 1. The Morgan fingerprint density at radius 1 is 1.12 bits per heavy atom. The van der Waals surface area contributed by atoms with Crippen LogP contribution in [0.5, 0.6) is 0 Å². The summed E-state index contributed by atoms with van der Waals surface area (Å²) in [5.41, 5.74) is 3.56. The molecule has 1 aliphatic rings. The van der Waals surface area contributed by atoms with Crippen LogP contribution in [0.2, 0.25) is 0 Å². The third kappa shape index (κ3) is 8.00. The monoisotopic (exact) mass is 469 g/mol. The number of Topliss-reactive ketones (excluding diaryl/α,β-unsaturated/α-hetero) is 1. The first-order valence-corrected chi connectivity index (χ1v) is 12.9. The molecule has 2 heterocycles. The maximum Gasteiger partial charge on any atom is 0.242 e. The van der Waals surface area contributed by atoms with Crippen LogP contribution in [0, 0.1) is 0 Å². The lowest BCUT2D eigenvalue weighted by Crippen LogP contribution is -2.48. The van der Waals surface area contributed by atoms with E-state index in [9.17, 15) is 14.4 Å². The van der Waals surface area contributed by atoms with E-state index in [0.29, 0.717) is 25.8 Å². The number of unbranched alkanes of at least 4 members (excludes halogenated alkanes) is 2. The molecule has 0 aliphatic carbocycles.